The van der Waals surface area contributed by atoms with Gasteiger partial charge in [0, 0.05) is 11.1 Å². The van der Waals surface area contributed by atoms with Gasteiger partial charge in [0.25, 0.3) is 0 Å². The quantitative estimate of drug-likeness (QED) is 0.259. The predicted molar refractivity (Wildman–Crippen MR) is 137 cm³/mol. The van der Waals surface area contributed by atoms with Crippen LogP contribution in [0.15, 0.2) is 93.8 Å². The monoisotopic (exact) mass is 442 g/mol. The second-order valence-corrected chi connectivity index (χ2v) is 8.56. The average Bonchev–Trinajstić information content (AvgIpc) is 3.47. The number of rotatable bonds is 4. The maximum absolute atomic E-state index is 5.96. The summed E-state index contributed by atoms with van der Waals surface area (Å²) in [4.78, 5) is 9.28. The van der Waals surface area contributed by atoms with Crippen LogP contribution in [0.2, 0.25) is 0 Å². The number of fused-ring (bicyclic) bond motifs is 2. The van der Waals surface area contributed by atoms with E-state index in [0.29, 0.717) is 11.8 Å². The van der Waals surface area contributed by atoms with E-state index >= 15 is 0 Å². The van der Waals surface area contributed by atoms with Crippen LogP contribution in [0.3, 0.4) is 0 Å². The zero-order chi connectivity index (χ0) is 23.1. The van der Waals surface area contributed by atoms with Gasteiger partial charge in [-0.25, -0.2) is 9.97 Å². The second kappa shape index (κ2) is 8.16. The smallest absolute Gasteiger partial charge is 0.227 e. The number of hydrogen-bond acceptors (Lipinski definition) is 4. The highest BCUT2D eigenvalue weighted by Crippen LogP contribution is 2.27. The van der Waals surface area contributed by atoms with Gasteiger partial charge < -0.3 is 8.83 Å². The summed E-state index contributed by atoms with van der Waals surface area (Å²) in [5.74, 6) is 1.27. The Balaban J connectivity index is 1.23. The maximum Gasteiger partial charge on any atom is 0.227 e. The van der Waals surface area contributed by atoms with Crippen molar-refractivity contribution >= 4 is 34.4 Å². The van der Waals surface area contributed by atoms with Crippen molar-refractivity contribution in [2.24, 2.45) is 0 Å². The van der Waals surface area contributed by atoms with Crippen LogP contribution in [0.25, 0.3) is 57.3 Å². The van der Waals surface area contributed by atoms with Gasteiger partial charge in [-0.2, -0.15) is 0 Å². The van der Waals surface area contributed by atoms with E-state index in [1.54, 1.807) is 0 Å². The fourth-order valence-corrected chi connectivity index (χ4v) is 4.03. The fourth-order valence-electron chi connectivity index (χ4n) is 4.03. The van der Waals surface area contributed by atoms with Crippen molar-refractivity contribution in [3.8, 4) is 22.9 Å². The zero-order valence-electron chi connectivity index (χ0n) is 18.9. The van der Waals surface area contributed by atoms with Gasteiger partial charge in [0.2, 0.25) is 11.8 Å². The zero-order valence-corrected chi connectivity index (χ0v) is 18.9. The lowest BCUT2D eigenvalue weighted by Crippen LogP contribution is -1.80. The summed E-state index contributed by atoms with van der Waals surface area (Å²) in [5, 5.41) is 0. The van der Waals surface area contributed by atoms with Crippen molar-refractivity contribution < 1.29 is 8.83 Å². The minimum absolute atomic E-state index is 0.633. The molecule has 0 aliphatic carbocycles. The number of oxazole rings is 2. The first-order valence-corrected chi connectivity index (χ1v) is 11.2. The van der Waals surface area contributed by atoms with Crippen molar-refractivity contribution in [1.82, 2.24) is 9.97 Å². The lowest BCUT2D eigenvalue weighted by Gasteiger charge is -1.99. The third-order valence-electron chi connectivity index (χ3n) is 5.85. The maximum atomic E-state index is 5.96. The summed E-state index contributed by atoms with van der Waals surface area (Å²) < 4.78 is 11.9. The SMILES string of the molecule is Cc1ccc2oc(-c3ccc(C=Cc4cccc(-c5nc6cc(C)ccc6o5)c4)cc3)nc2c1. The van der Waals surface area contributed by atoms with Gasteiger partial charge in [-0.1, -0.05) is 48.6 Å². The molecule has 0 saturated carbocycles. The molecule has 34 heavy (non-hydrogen) atoms. The topological polar surface area (TPSA) is 52.1 Å². The van der Waals surface area contributed by atoms with Gasteiger partial charge in [-0.15, -0.1) is 0 Å². The van der Waals surface area contributed by atoms with E-state index in [0.717, 1.165) is 44.5 Å². The molecule has 0 aliphatic heterocycles. The molecule has 6 rings (SSSR count). The molecule has 2 aromatic heterocycles. The van der Waals surface area contributed by atoms with E-state index in [4.69, 9.17) is 8.83 Å². The molecule has 2 heterocycles. The first-order chi connectivity index (χ1) is 16.6. The third-order valence-corrected chi connectivity index (χ3v) is 5.85. The molecule has 4 heteroatoms. The predicted octanol–water partition coefficient (Wildman–Crippen LogP) is 8.09. The minimum Gasteiger partial charge on any atom is -0.436 e. The largest absolute Gasteiger partial charge is 0.436 e. The second-order valence-electron chi connectivity index (χ2n) is 8.56. The Morgan fingerprint density at radius 3 is 1.79 bits per heavy atom. The Kier molecular flexibility index (Phi) is 4.84. The Morgan fingerprint density at radius 2 is 1.15 bits per heavy atom. The van der Waals surface area contributed by atoms with Gasteiger partial charge in [0.1, 0.15) is 11.0 Å². The highest BCUT2D eigenvalue weighted by molar-refractivity contribution is 5.79. The molecule has 0 unspecified atom stereocenters. The van der Waals surface area contributed by atoms with Gasteiger partial charge >= 0.3 is 0 Å². The van der Waals surface area contributed by atoms with E-state index in [1.165, 1.54) is 11.1 Å². The lowest BCUT2D eigenvalue weighted by molar-refractivity contribution is 0.619. The van der Waals surface area contributed by atoms with Crippen LogP contribution in [0.4, 0.5) is 0 Å². The molecular weight excluding hydrogens is 420 g/mol. The number of aromatic nitrogens is 2. The van der Waals surface area contributed by atoms with E-state index < -0.39 is 0 Å². The highest BCUT2D eigenvalue weighted by atomic mass is 16.4. The summed E-state index contributed by atoms with van der Waals surface area (Å²) in [5.41, 5.74) is 9.79. The van der Waals surface area contributed by atoms with Gasteiger partial charge in [0.05, 0.1) is 0 Å². The fraction of sp³-hybridized carbons (Fsp3) is 0.0667. The molecule has 0 fully saturated rings. The Bertz CT molecular complexity index is 1670. The standard InChI is InChI=1S/C30H22N2O2/c1-19-6-14-27-25(16-19)31-29(33-27)23-12-10-21(11-13-23)8-9-22-4-3-5-24(18-22)30-32-26-17-20(2)7-15-28(26)34-30/h3-18H,1-2H3. The molecular formula is C30H22N2O2. The van der Waals surface area contributed by atoms with Gasteiger partial charge in [-0.3, -0.25) is 0 Å². The third kappa shape index (κ3) is 3.90. The Morgan fingerprint density at radius 1 is 0.559 bits per heavy atom. The average molecular weight is 443 g/mol. The first-order valence-electron chi connectivity index (χ1n) is 11.2. The van der Waals surface area contributed by atoms with Crippen LogP contribution >= 0.6 is 0 Å². The summed E-state index contributed by atoms with van der Waals surface area (Å²) in [6.45, 7) is 4.11. The van der Waals surface area contributed by atoms with E-state index in [2.05, 4.69) is 60.2 Å². The molecule has 0 radical (unpaired) electrons. The molecule has 0 atom stereocenters. The van der Waals surface area contributed by atoms with Crippen LogP contribution in [0.5, 0.6) is 0 Å². The first kappa shape index (κ1) is 20.2. The number of nitrogens with zero attached hydrogens (tertiary/aromatic N) is 2. The Labute approximate surface area is 197 Å². The molecule has 0 aliphatic rings. The molecule has 0 spiro atoms. The summed E-state index contributed by atoms with van der Waals surface area (Å²) in [7, 11) is 0. The molecule has 4 nitrogen and oxygen atoms in total. The Hall–Kier alpha value is -4.44. The highest BCUT2D eigenvalue weighted by Gasteiger charge is 2.09. The summed E-state index contributed by atoms with van der Waals surface area (Å²) in [6, 6.07) is 28.5. The molecule has 164 valence electrons. The molecule has 0 amide bonds. The van der Waals surface area contributed by atoms with Crippen LogP contribution < -0.4 is 0 Å². The van der Waals surface area contributed by atoms with Crippen LogP contribution in [-0.4, -0.2) is 9.97 Å². The van der Waals surface area contributed by atoms with Crippen molar-refractivity contribution in [3.63, 3.8) is 0 Å². The molecule has 6 aromatic rings. The van der Waals surface area contributed by atoms with Crippen LogP contribution in [0.1, 0.15) is 22.3 Å². The van der Waals surface area contributed by atoms with E-state index in [9.17, 15) is 0 Å². The normalized spacial score (nSPS) is 11.7. The summed E-state index contributed by atoms with van der Waals surface area (Å²) in [6.07, 6.45) is 4.18. The van der Waals surface area contributed by atoms with E-state index in [-0.39, 0.29) is 0 Å². The van der Waals surface area contributed by atoms with Crippen molar-refractivity contribution in [2.75, 3.05) is 0 Å². The lowest BCUT2D eigenvalue weighted by atomic mass is 10.1. The number of benzene rings is 4. The molecule has 0 bridgehead atoms. The van der Waals surface area contributed by atoms with Crippen LogP contribution in [-0.2, 0) is 0 Å². The van der Waals surface area contributed by atoms with Gasteiger partial charge in [0.15, 0.2) is 11.2 Å². The van der Waals surface area contributed by atoms with Gasteiger partial charge in [-0.05, 0) is 84.6 Å². The summed E-state index contributed by atoms with van der Waals surface area (Å²) >= 11 is 0. The van der Waals surface area contributed by atoms with Crippen LogP contribution in [0, 0.1) is 13.8 Å². The van der Waals surface area contributed by atoms with Crippen molar-refractivity contribution in [3.05, 3.63) is 107 Å². The molecule has 4 aromatic carbocycles. The number of hydrogen-bond donors (Lipinski definition) is 0. The van der Waals surface area contributed by atoms with E-state index in [1.807, 2.05) is 60.7 Å². The van der Waals surface area contributed by atoms with Crippen molar-refractivity contribution in [2.45, 2.75) is 13.8 Å². The minimum atomic E-state index is 0.633. The molecule has 0 saturated heterocycles. The molecule has 0 N–H and O–H groups in total. The van der Waals surface area contributed by atoms with Crippen molar-refractivity contribution in [1.29, 1.82) is 0 Å². The number of aryl methyl sites for hydroxylation is 2.